The summed E-state index contributed by atoms with van der Waals surface area (Å²) in [5, 5.41) is 3.17. The third kappa shape index (κ3) is 2.89. The monoisotopic (exact) mass is 224 g/mol. The van der Waals surface area contributed by atoms with Gasteiger partial charge in [0.15, 0.2) is 0 Å². The van der Waals surface area contributed by atoms with Crippen molar-refractivity contribution in [3.8, 4) is 5.75 Å². The Morgan fingerprint density at radius 3 is 2.73 bits per heavy atom. The van der Waals surface area contributed by atoms with Crippen LogP contribution in [0.3, 0.4) is 0 Å². The lowest BCUT2D eigenvalue weighted by Gasteiger charge is -2.20. The SMILES string of the molecule is COc1ccccc1SC1CC[NH2+]CC1. The molecule has 0 aromatic heterocycles. The molecule has 3 heteroatoms. The molecular weight excluding hydrogens is 206 g/mol. The highest BCUT2D eigenvalue weighted by atomic mass is 32.2. The second-order valence-corrected chi connectivity index (χ2v) is 5.18. The van der Waals surface area contributed by atoms with Gasteiger partial charge in [-0.1, -0.05) is 12.1 Å². The molecule has 0 aliphatic carbocycles. The highest BCUT2D eigenvalue weighted by Crippen LogP contribution is 2.34. The molecule has 1 aliphatic heterocycles. The van der Waals surface area contributed by atoms with Crippen LogP contribution in [0.5, 0.6) is 5.75 Å². The van der Waals surface area contributed by atoms with E-state index in [2.05, 4.69) is 17.4 Å². The maximum atomic E-state index is 5.36. The summed E-state index contributed by atoms with van der Waals surface area (Å²) in [6.07, 6.45) is 2.62. The minimum atomic E-state index is 0.770. The van der Waals surface area contributed by atoms with Crippen LogP contribution in [0.2, 0.25) is 0 Å². The second-order valence-electron chi connectivity index (χ2n) is 3.83. The van der Waals surface area contributed by atoms with Gasteiger partial charge in [0.05, 0.1) is 20.2 Å². The van der Waals surface area contributed by atoms with Crippen LogP contribution in [-0.2, 0) is 0 Å². The molecule has 2 N–H and O–H groups in total. The molecule has 1 aliphatic rings. The van der Waals surface area contributed by atoms with Gasteiger partial charge < -0.3 is 10.1 Å². The number of quaternary nitrogens is 1. The van der Waals surface area contributed by atoms with E-state index < -0.39 is 0 Å². The van der Waals surface area contributed by atoms with E-state index in [1.165, 1.54) is 30.8 Å². The van der Waals surface area contributed by atoms with Gasteiger partial charge in [0.25, 0.3) is 0 Å². The molecule has 2 rings (SSSR count). The summed E-state index contributed by atoms with van der Waals surface area (Å²) in [5.41, 5.74) is 0. The molecule has 0 spiro atoms. The van der Waals surface area contributed by atoms with Crippen LogP contribution in [0.4, 0.5) is 0 Å². The fourth-order valence-corrected chi connectivity index (χ4v) is 3.20. The molecule has 0 unspecified atom stereocenters. The van der Waals surface area contributed by atoms with Gasteiger partial charge in [-0.2, -0.15) is 0 Å². The number of rotatable bonds is 3. The Labute approximate surface area is 95.4 Å². The van der Waals surface area contributed by atoms with Gasteiger partial charge in [-0.15, -0.1) is 11.8 Å². The minimum Gasteiger partial charge on any atom is -0.496 e. The first-order chi connectivity index (χ1) is 7.40. The van der Waals surface area contributed by atoms with E-state index in [4.69, 9.17) is 4.74 Å². The Morgan fingerprint density at radius 1 is 1.27 bits per heavy atom. The summed E-state index contributed by atoms with van der Waals surface area (Å²) < 4.78 is 5.36. The van der Waals surface area contributed by atoms with Gasteiger partial charge in [0.2, 0.25) is 0 Å². The smallest absolute Gasteiger partial charge is 0.132 e. The number of methoxy groups -OCH3 is 1. The quantitative estimate of drug-likeness (QED) is 0.842. The van der Waals surface area contributed by atoms with Gasteiger partial charge in [-0.25, -0.2) is 0 Å². The molecule has 0 atom stereocenters. The molecule has 1 saturated heterocycles. The first-order valence-corrected chi connectivity index (χ1v) is 6.39. The van der Waals surface area contributed by atoms with Crippen LogP contribution < -0.4 is 10.1 Å². The lowest BCUT2D eigenvalue weighted by atomic mass is 10.2. The van der Waals surface area contributed by atoms with Crippen LogP contribution in [0.25, 0.3) is 0 Å². The number of para-hydroxylation sites is 1. The van der Waals surface area contributed by atoms with E-state index in [0.29, 0.717) is 0 Å². The summed E-state index contributed by atoms with van der Waals surface area (Å²) >= 11 is 1.97. The Balaban J connectivity index is 2.02. The lowest BCUT2D eigenvalue weighted by Crippen LogP contribution is -2.86. The average molecular weight is 224 g/mol. The van der Waals surface area contributed by atoms with Crippen molar-refractivity contribution in [3.63, 3.8) is 0 Å². The number of thioether (sulfide) groups is 1. The molecule has 2 nitrogen and oxygen atoms in total. The zero-order valence-electron chi connectivity index (χ0n) is 9.11. The molecule has 0 bridgehead atoms. The number of hydrogen-bond acceptors (Lipinski definition) is 2. The second kappa shape index (κ2) is 5.42. The van der Waals surface area contributed by atoms with E-state index in [1.54, 1.807) is 7.11 Å². The van der Waals surface area contributed by atoms with Crippen LogP contribution in [-0.4, -0.2) is 25.4 Å². The Kier molecular flexibility index (Phi) is 3.92. The largest absolute Gasteiger partial charge is 0.496 e. The molecule has 0 radical (unpaired) electrons. The van der Waals surface area contributed by atoms with Crippen LogP contribution in [0.15, 0.2) is 29.2 Å². The first-order valence-electron chi connectivity index (χ1n) is 5.51. The average Bonchev–Trinajstić information content (AvgIpc) is 2.31. The molecule has 15 heavy (non-hydrogen) atoms. The molecule has 1 heterocycles. The summed E-state index contributed by atoms with van der Waals surface area (Å²) in [6.45, 7) is 2.54. The third-order valence-electron chi connectivity index (χ3n) is 2.75. The Bertz CT molecular complexity index is 310. The van der Waals surface area contributed by atoms with E-state index in [1.807, 2.05) is 23.9 Å². The summed E-state index contributed by atoms with van der Waals surface area (Å²) in [5.74, 6) is 1.01. The van der Waals surface area contributed by atoms with E-state index in [0.717, 1.165) is 11.0 Å². The van der Waals surface area contributed by atoms with E-state index in [-0.39, 0.29) is 0 Å². The zero-order valence-corrected chi connectivity index (χ0v) is 9.93. The van der Waals surface area contributed by atoms with Gasteiger partial charge in [-0.05, 0) is 12.1 Å². The zero-order chi connectivity index (χ0) is 10.5. The minimum absolute atomic E-state index is 0.770. The fourth-order valence-electron chi connectivity index (χ4n) is 1.91. The number of nitrogens with two attached hydrogens (primary N) is 1. The highest BCUT2D eigenvalue weighted by Gasteiger charge is 2.17. The van der Waals surface area contributed by atoms with Crippen molar-refractivity contribution in [2.45, 2.75) is 23.0 Å². The number of benzene rings is 1. The van der Waals surface area contributed by atoms with Crippen molar-refractivity contribution in [1.29, 1.82) is 0 Å². The standard InChI is InChI=1S/C12H17NOS/c1-14-11-4-2-3-5-12(11)15-10-6-8-13-9-7-10/h2-5,10,13H,6-9H2,1H3/p+1. The molecule has 82 valence electrons. The van der Waals surface area contributed by atoms with Crippen LogP contribution in [0.1, 0.15) is 12.8 Å². The van der Waals surface area contributed by atoms with Crippen molar-refractivity contribution in [1.82, 2.24) is 0 Å². The van der Waals surface area contributed by atoms with Crippen LogP contribution >= 0.6 is 11.8 Å². The summed E-state index contributed by atoms with van der Waals surface area (Å²) in [7, 11) is 1.74. The van der Waals surface area contributed by atoms with Crippen molar-refractivity contribution in [2.75, 3.05) is 20.2 Å². The number of hydrogen-bond donors (Lipinski definition) is 1. The van der Waals surface area contributed by atoms with Gasteiger partial charge in [0, 0.05) is 23.0 Å². The van der Waals surface area contributed by atoms with Crippen molar-refractivity contribution in [3.05, 3.63) is 24.3 Å². The lowest BCUT2D eigenvalue weighted by molar-refractivity contribution is -0.661. The topological polar surface area (TPSA) is 25.8 Å². The molecule has 0 amide bonds. The van der Waals surface area contributed by atoms with Gasteiger partial charge in [-0.3, -0.25) is 0 Å². The van der Waals surface area contributed by atoms with Crippen molar-refractivity contribution < 1.29 is 10.1 Å². The molecule has 1 aromatic carbocycles. The predicted octanol–water partition coefficient (Wildman–Crippen LogP) is 1.51. The number of ether oxygens (including phenoxy) is 1. The summed E-state index contributed by atoms with van der Waals surface area (Å²) in [6, 6.07) is 8.30. The first kappa shape index (κ1) is 10.8. The van der Waals surface area contributed by atoms with Gasteiger partial charge >= 0.3 is 0 Å². The molecular formula is C12H18NOS+. The van der Waals surface area contributed by atoms with E-state index in [9.17, 15) is 0 Å². The molecule has 1 aromatic rings. The predicted molar refractivity (Wildman–Crippen MR) is 63.5 cm³/mol. The van der Waals surface area contributed by atoms with Crippen molar-refractivity contribution in [2.24, 2.45) is 0 Å². The normalized spacial score (nSPS) is 17.7. The molecule has 0 saturated carbocycles. The Morgan fingerprint density at radius 2 is 2.00 bits per heavy atom. The molecule has 1 fully saturated rings. The van der Waals surface area contributed by atoms with Crippen molar-refractivity contribution >= 4 is 11.8 Å². The van der Waals surface area contributed by atoms with Gasteiger partial charge in [0.1, 0.15) is 5.75 Å². The third-order valence-corrected chi connectivity index (χ3v) is 4.14. The fraction of sp³-hybridized carbons (Fsp3) is 0.500. The maximum absolute atomic E-state index is 5.36. The number of piperidine rings is 1. The maximum Gasteiger partial charge on any atom is 0.132 e. The summed E-state index contributed by atoms with van der Waals surface area (Å²) in [4.78, 5) is 1.28. The van der Waals surface area contributed by atoms with E-state index >= 15 is 0 Å². The highest BCUT2D eigenvalue weighted by molar-refractivity contribution is 8.00. The Hall–Kier alpha value is -0.670. The van der Waals surface area contributed by atoms with Crippen LogP contribution in [0, 0.1) is 0 Å².